The summed E-state index contributed by atoms with van der Waals surface area (Å²) in [5, 5.41) is 26.0. The Balaban J connectivity index is 1.48. The molecule has 0 spiro atoms. The van der Waals surface area contributed by atoms with Crippen LogP contribution in [-0.4, -0.2) is 45.1 Å². The van der Waals surface area contributed by atoms with Gasteiger partial charge in [-0.25, -0.2) is 14.4 Å². The highest BCUT2D eigenvalue weighted by molar-refractivity contribution is 6.31. The maximum Gasteiger partial charge on any atom is 0.202 e. The van der Waals surface area contributed by atoms with E-state index in [1.807, 2.05) is 0 Å². The summed E-state index contributed by atoms with van der Waals surface area (Å²) in [5.74, 6) is -0.268. The standard InChI is InChI=1S/C19H21ClFN7O/c20-14-10-12(4-5-15(14)21)28(29)17(22)13-6-9-24-18-16(13)26-19(27-18)25-8-1-7-23-11-2-3-11/h4-6,9-11,22-23,29H,1-3,7-8H2,(H2,24,25,26,27). The van der Waals surface area contributed by atoms with Gasteiger partial charge in [0.2, 0.25) is 5.95 Å². The molecule has 5 N–H and O–H groups in total. The Kier molecular flexibility index (Phi) is 5.61. The summed E-state index contributed by atoms with van der Waals surface area (Å²) in [4.78, 5) is 11.7. The zero-order valence-corrected chi connectivity index (χ0v) is 16.3. The van der Waals surface area contributed by atoms with Crippen molar-refractivity contribution in [3.05, 3.63) is 46.9 Å². The van der Waals surface area contributed by atoms with Crippen LogP contribution in [0.4, 0.5) is 16.0 Å². The fraction of sp³-hybridized carbons (Fsp3) is 0.316. The highest BCUT2D eigenvalue weighted by Gasteiger charge is 2.20. The van der Waals surface area contributed by atoms with Gasteiger partial charge < -0.3 is 15.6 Å². The van der Waals surface area contributed by atoms with E-state index in [0.717, 1.165) is 25.6 Å². The Hall–Kier alpha value is -2.75. The van der Waals surface area contributed by atoms with E-state index in [0.29, 0.717) is 33.8 Å². The lowest BCUT2D eigenvalue weighted by Crippen LogP contribution is -2.27. The van der Waals surface area contributed by atoms with Crippen molar-refractivity contribution in [3.8, 4) is 0 Å². The SMILES string of the molecule is N=C(c1ccnc2nc(NCCCNC3CC3)[nH]c12)N(O)c1ccc(F)c(Cl)c1. The van der Waals surface area contributed by atoms with E-state index < -0.39 is 5.82 Å². The van der Waals surface area contributed by atoms with Gasteiger partial charge in [0.25, 0.3) is 0 Å². The van der Waals surface area contributed by atoms with Gasteiger partial charge in [0.1, 0.15) is 5.82 Å². The molecule has 3 aromatic rings. The van der Waals surface area contributed by atoms with Crippen molar-refractivity contribution in [1.82, 2.24) is 20.3 Å². The van der Waals surface area contributed by atoms with E-state index in [9.17, 15) is 9.60 Å². The van der Waals surface area contributed by atoms with E-state index in [2.05, 4.69) is 25.6 Å². The summed E-state index contributed by atoms with van der Waals surface area (Å²) < 4.78 is 13.4. The van der Waals surface area contributed by atoms with Crippen LogP contribution in [0.3, 0.4) is 0 Å². The van der Waals surface area contributed by atoms with Gasteiger partial charge in [-0.05, 0) is 50.1 Å². The molecule has 0 radical (unpaired) electrons. The first kappa shape index (κ1) is 19.6. The molecule has 0 aliphatic heterocycles. The lowest BCUT2D eigenvalue weighted by molar-refractivity contribution is 0.312. The number of nitrogens with zero attached hydrogens (tertiary/aromatic N) is 3. The number of imidazole rings is 1. The van der Waals surface area contributed by atoms with E-state index in [1.165, 1.54) is 31.2 Å². The van der Waals surface area contributed by atoms with Crippen LogP contribution in [0.5, 0.6) is 0 Å². The second-order valence-electron chi connectivity index (χ2n) is 6.91. The topological polar surface area (TPSA) is 113 Å². The molecule has 0 unspecified atom stereocenters. The number of amidine groups is 1. The van der Waals surface area contributed by atoms with Gasteiger partial charge in [-0.15, -0.1) is 0 Å². The average Bonchev–Trinajstić information content (AvgIpc) is 3.45. The molecule has 29 heavy (non-hydrogen) atoms. The molecule has 0 atom stereocenters. The molecule has 1 saturated carbocycles. The third kappa shape index (κ3) is 4.47. The van der Waals surface area contributed by atoms with Gasteiger partial charge in [-0.3, -0.25) is 10.6 Å². The molecule has 10 heteroatoms. The molecule has 0 bridgehead atoms. The molecule has 4 rings (SSSR count). The average molecular weight is 418 g/mol. The number of pyridine rings is 1. The molecular formula is C19H21ClFN7O. The summed E-state index contributed by atoms with van der Waals surface area (Å²) in [6.07, 6.45) is 5.01. The van der Waals surface area contributed by atoms with Crippen molar-refractivity contribution in [2.24, 2.45) is 0 Å². The van der Waals surface area contributed by atoms with Crippen molar-refractivity contribution in [2.75, 3.05) is 23.5 Å². The van der Waals surface area contributed by atoms with Crippen molar-refractivity contribution in [3.63, 3.8) is 0 Å². The number of halogens is 2. The van der Waals surface area contributed by atoms with Gasteiger partial charge >= 0.3 is 0 Å². The largest absolute Gasteiger partial charge is 0.356 e. The molecule has 0 saturated heterocycles. The van der Waals surface area contributed by atoms with Crippen LogP contribution >= 0.6 is 11.6 Å². The summed E-state index contributed by atoms with van der Waals surface area (Å²) in [6.45, 7) is 1.69. The third-order valence-electron chi connectivity index (χ3n) is 4.66. The fourth-order valence-corrected chi connectivity index (χ4v) is 3.12. The minimum Gasteiger partial charge on any atom is -0.356 e. The number of nitrogens with one attached hydrogen (secondary N) is 4. The Labute approximate surface area is 171 Å². The lowest BCUT2D eigenvalue weighted by Gasteiger charge is -2.18. The normalized spacial score (nSPS) is 13.6. The van der Waals surface area contributed by atoms with Crippen LogP contribution in [0.1, 0.15) is 24.8 Å². The number of H-pyrrole nitrogens is 1. The molecule has 152 valence electrons. The lowest BCUT2D eigenvalue weighted by atomic mass is 10.2. The predicted octanol–water partition coefficient (Wildman–Crippen LogP) is 3.53. The number of hydrogen-bond acceptors (Lipinski definition) is 6. The molecule has 8 nitrogen and oxygen atoms in total. The molecule has 1 fully saturated rings. The number of aromatic nitrogens is 3. The predicted molar refractivity (Wildman–Crippen MR) is 111 cm³/mol. The minimum absolute atomic E-state index is 0.140. The van der Waals surface area contributed by atoms with Crippen LogP contribution in [0.25, 0.3) is 11.2 Å². The minimum atomic E-state index is -0.599. The fourth-order valence-electron chi connectivity index (χ4n) is 2.94. The Bertz CT molecular complexity index is 1040. The molecule has 2 aromatic heterocycles. The molecular weight excluding hydrogens is 397 g/mol. The number of anilines is 2. The van der Waals surface area contributed by atoms with Crippen LogP contribution in [0.15, 0.2) is 30.5 Å². The first-order valence-electron chi connectivity index (χ1n) is 9.38. The summed E-state index contributed by atoms with van der Waals surface area (Å²) >= 11 is 5.78. The summed E-state index contributed by atoms with van der Waals surface area (Å²) in [7, 11) is 0. The second kappa shape index (κ2) is 8.32. The van der Waals surface area contributed by atoms with E-state index in [4.69, 9.17) is 17.0 Å². The van der Waals surface area contributed by atoms with Crippen molar-refractivity contribution >= 4 is 40.2 Å². The van der Waals surface area contributed by atoms with Crippen LogP contribution in [0, 0.1) is 11.2 Å². The monoisotopic (exact) mass is 417 g/mol. The third-order valence-corrected chi connectivity index (χ3v) is 4.95. The summed E-state index contributed by atoms with van der Waals surface area (Å²) in [6, 6.07) is 6.01. The zero-order valence-electron chi connectivity index (χ0n) is 15.5. The number of fused-ring (bicyclic) bond motifs is 1. The zero-order chi connectivity index (χ0) is 20.4. The molecule has 1 aliphatic rings. The first-order valence-corrected chi connectivity index (χ1v) is 9.75. The van der Waals surface area contributed by atoms with E-state index >= 15 is 0 Å². The van der Waals surface area contributed by atoms with Crippen LogP contribution in [-0.2, 0) is 0 Å². The van der Waals surface area contributed by atoms with Crippen LogP contribution < -0.4 is 15.7 Å². The number of hydrogen-bond donors (Lipinski definition) is 5. The maximum absolute atomic E-state index is 13.4. The van der Waals surface area contributed by atoms with Gasteiger partial charge in [0.05, 0.1) is 16.2 Å². The van der Waals surface area contributed by atoms with Gasteiger partial charge in [-0.1, -0.05) is 11.6 Å². The maximum atomic E-state index is 13.4. The number of benzene rings is 1. The van der Waals surface area contributed by atoms with E-state index in [1.54, 1.807) is 6.07 Å². The molecule has 1 aliphatic carbocycles. The van der Waals surface area contributed by atoms with Gasteiger partial charge in [0, 0.05) is 24.3 Å². The Morgan fingerprint density at radius 2 is 2.17 bits per heavy atom. The van der Waals surface area contributed by atoms with E-state index in [-0.39, 0.29) is 16.5 Å². The number of rotatable bonds is 8. The molecule has 0 amide bonds. The quantitative estimate of drug-likeness (QED) is 0.166. The highest BCUT2D eigenvalue weighted by atomic mass is 35.5. The Morgan fingerprint density at radius 3 is 2.93 bits per heavy atom. The highest BCUT2D eigenvalue weighted by Crippen LogP contribution is 2.25. The number of hydroxylamine groups is 1. The second-order valence-corrected chi connectivity index (χ2v) is 7.32. The Morgan fingerprint density at radius 1 is 1.34 bits per heavy atom. The van der Waals surface area contributed by atoms with Gasteiger partial charge in [0.15, 0.2) is 11.5 Å². The molecule has 2 heterocycles. The van der Waals surface area contributed by atoms with Crippen LogP contribution in [0.2, 0.25) is 5.02 Å². The smallest absolute Gasteiger partial charge is 0.202 e. The number of aromatic amines is 1. The van der Waals surface area contributed by atoms with Crippen molar-refractivity contribution in [2.45, 2.75) is 25.3 Å². The van der Waals surface area contributed by atoms with Gasteiger partial charge in [-0.2, -0.15) is 4.98 Å². The van der Waals surface area contributed by atoms with Crippen molar-refractivity contribution < 1.29 is 9.60 Å². The molecule has 1 aromatic carbocycles. The first-order chi connectivity index (χ1) is 14.0. The summed E-state index contributed by atoms with van der Waals surface area (Å²) in [5.41, 5.74) is 1.51. The van der Waals surface area contributed by atoms with Crippen molar-refractivity contribution in [1.29, 1.82) is 5.41 Å².